The van der Waals surface area contributed by atoms with Gasteiger partial charge in [0.1, 0.15) is 0 Å². The Morgan fingerprint density at radius 2 is 1.71 bits per heavy atom. The second-order valence-electron chi connectivity index (χ2n) is 5.47. The summed E-state index contributed by atoms with van der Waals surface area (Å²) in [6.45, 7) is 1.42. The van der Waals surface area contributed by atoms with Crippen LogP contribution in [0.25, 0.3) is 0 Å². The molecule has 0 saturated carbocycles. The summed E-state index contributed by atoms with van der Waals surface area (Å²) < 4.78 is 0. The van der Waals surface area contributed by atoms with Crippen molar-refractivity contribution in [1.29, 1.82) is 0 Å². The second-order valence-corrected chi connectivity index (χ2v) is 6.15. The molecule has 0 aliphatic carbocycles. The Balaban J connectivity index is 1.73. The molecule has 4 N–H and O–H groups in total. The number of primary amides is 1. The molecule has 1 aliphatic rings. The van der Waals surface area contributed by atoms with Gasteiger partial charge in [0.15, 0.2) is 5.69 Å². The Hall–Kier alpha value is -2.19. The molecule has 0 aromatic carbocycles. The van der Waals surface area contributed by atoms with E-state index in [4.69, 9.17) is 34.7 Å². The average Bonchev–Trinajstić information content (AvgIpc) is 2.54. The highest BCUT2D eigenvalue weighted by atomic mass is 35.5. The number of piperidine rings is 1. The van der Waals surface area contributed by atoms with Crippen LogP contribution >= 0.6 is 23.2 Å². The van der Waals surface area contributed by atoms with Crippen molar-refractivity contribution in [1.82, 2.24) is 19.9 Å². The van der Waals surface area contributed by atoms with Gasteiger partial charge in [0.2, 0.25) is 16.5 Å². The molecule has 3 rings (SSSR count). The van der Waals surface area contributed by atoms with Gasteiger partial charge in [-0.2, -0.15) is 15.0 Å². The number of carbonyl (C=O) groups is 1. The van der Waals surface area contributed by atoms with Gasteiger partial charge in [-0.15, -0.1) is 0 Å². The monoisotopic (exact) mass is 367 g/mol. The average molecular weight is 368 g/mol. The van der Waals surface area contributed by atoms with Crippen molar-refractivity contribution in [2.75, 3.05) is 23.7 Å². The van der Waals surface area contributed by atoms with Gasteiger partial charge in [-0.1, -0.05) is 0 Å². The number of anilines is 2. The van der Waals surface area contributed by atoms with Crippen molar-refractivity contribution in [2.24, 2.45) is 5.73 Å². The second kappa shape index (κ2) is 6.74. The first-order chi connectivity index (χ1) is 11.4. The van der Waals surface area contributed by atoms with Crippen LogP contribution in [0.4, 0.5) is 11.6 Å². The summed E-state index contributed by atoms with van der Waals surface area (Å²) in [5.41, 5.74) is 12.2. The molecule has 24 heavy (non-hydrogen) atoms. The lowest BCUT2D eigenvalue weighted by Crippen LogP contribution is -2.34. The quantitative estimate of drug-likeness (QED) is 0.844. The van der Waals surface area contributed by atoms with E-state index >= 15 is 0 Å². The van der Waals surface area contributed by atoms with Crippen LogP contribution in [-0.4, -0.2) is 38.9 Å². The van der Waals surface area contributed by atoms with E-state index in [-0.39, 0.29) is 27.9 Å². The van der Waals surface area contributed by atoms with Gasteiger partial charge in [0.05, 0.1) is 5.69 Å². The third kappa shape index (κ3) is 3.49. The smallest absolute Gasteiger partial charge is 0.269 e. The molecule has 2 aromatic heterocycles. The van der Waals surface area contributed by atoms with Crippen LogP contribution in [0, 0.1) is 0 Å². The number of nitrogen functional groups attached to an aromatic ring is 1. The number of nitrogens with two attached hydrogens (primary N) is 2. The first kappa shape index (κ1) is 16.7. The fourth-order valence-electron chi connectivity index (χ4n) is 2.74. The fourth-order valence-corrected chi connectivity index (χ4v) is 3.10. The summed E-state index contributed by atoms with van der Waals surface area (Å²) in [5, 5.41) is 0.136. The standard InChI is InChI=1S/C14H15Cl2N7O/c15-12-20-13(16)22-14(21-12)23-5-3-7(4-6-23)9-2-1-8(17)10(19-9)11(18)24/h1-2,7H,3-6,17H2,(H2,18,24). The van der Waals surface area contributed by atoms with Crippen LogP contribution < -0.4 is 16.4 Å². The van der Waals surface area contributed by atoms with Gasteiger partial charge in [-0.05, 0) is 48.2 Å². The zero-order valence-corrected chi connectivity index (χ0v) is 14.1. The van der Waals surface area contributed by atoms with Crippen molar-refractivity contribution >= 4 is 40.7 Å². The zero-order valence-electron chi connectivity index (χ0n) is 12.6. The number of halogens is 2. The maximum absolute atomic E-state index is 11.4. The lowest BCUT2D eigenvalue weighted by Gasteiger charge is -2.31. The molecule has 126 valence electrons. The number of pyridine rings is 1. The predicted octanol–water partition coefficient (Wildman–Crippen LogP) is 1.64. The molecule has 3 heterocycles. The molecule has 0 unspecified atom stereocenters. The largest absolute Gasteiger partial charge is 0.397 e. The van der Waals surface area contributed by atoms with E-state index in [0.29, 0.717) is 19.0 Å². The number of hydrogen-bond acceptors (Lipinski definition) is 7. The molecule has 0 spiro atoms. The first-order valence-electron chi connectivity index (χ1n) is 7.32. The Morgan fingerprint density at radius 1 is 1.08 bits per heavy atom. The maximum Gasteiger partial charge on any atom is 0.269 e. The number of rotatable bonds is 3. The molecule has 0 bridgehead atoms. The Morgan fingerprint density at radius 3 is 2.29 bits per heavy atom. The molecule has 8 nitrogen and oxygen atoms in total. The minimum Gasteiger partial charge on any atom is -0.397 e. The third-order valence-corrected chi connectivity index (χ3v) is 4.28. The Bertz CT molecular complexity index is 757. The van der Waals surface area contributed by atoms with Gasteiger partial charge in [-0.25, -0.2) is 4.98 Å². The molecule has 1 saturated heterocycles. The number of nitrogens with zero attached hydrogens (tertiary/aromatic N) is 5. The summed E-state index contributed by atoms with van der Waals surface area (Å²) in [5.74, 6) is 0.0375. The molecular weight excluding hydrogens is 353 g/mol. The highest BCUT2D eigenvalue weighted by molar-refractivity contribution is 6.31. The summed E-state index contributed by atoms with van der Waals surface area (Å²) >= 11 is 11.6. The van der Waals surface area contributed by atoms with E-state index < -0.39 is 5.91 Å². The third-order valence-electron chi connectivity index (χ3n) is 3.95. The van der Waals surface area contributed by atoms with Gasteiger partial charge >= 0.3 is 0 Å². The van der Waals surface area contributed by atoms with Gasteiger partial charge in [0.25, 0.3) is 5.91 Å². The zero-order chi connectivity index (χ0) is 17.3. The molecule has 2 aromatic rings. The minimum atomic E-state index is -0.624. The molecular formula is C14H15Cl2N7O. The number of carbonyl (C=O) groups excluding carboxylic acids is 1. The van der Waals surface area contributed by atoms with Crippen LogP contribution in [0.3, 0.4) is 0 Å². The topological polar surface area (TPSA) is 124 Å². The molecule has 0 atom stereocenters. The van der Waals surface area contributed by atoms with Gasteiger partial charge in [-0.3, -0.25) is 4.79 Å². The van der Waals surface area contributed by atoms with Crippen LogP contribution in [0.2, 0.25) is 10.6 Å². The van der Waals surface area contributed by atoms with Gasteiger partial charge in [0, 0.05) is 24.7 Å². The number of hydrogen-bond donors (Lipinski definition) is 2. The van der Waals surface area contributed by atoms with Crippen molar-refractivity contribution < 1.29 is 4.79 Å². The highest BCUT2D eigenvalue weighted by Crippen LogP contribution is 2.29. The normalized spacial score (nSPS) is 15.5. The van der Waals surface area contributed by atoms with Crippen LogP contribution in [0.5, 0.6) is 0 Å². The predicted molar refractivity (Wildman–Crippen MR) is 91.2 cm³/mol. The van der Waals surface area contributed by atoms with Crippen LogP contribution in [0.1, 0.15) is 34.9 Å². The van der Waals surface area contributed by atoms with E-state index in [1.54, 1.807) is 6.07 Å². The van der Waals surface area contributed by atoms with E-state index in [1.807, 2.05) is 11.0 Å². The summed E-state index contributed by atoms with van der Waals surface area (Å²) in [6, 6.07) is 3.50. The summed E-state index contributed by atoms with van der Waals surface area (Å²) in [7, 11) is 0. The van der Waals surface area contributed by atoms with Crippen LogP contribution in [-0.2, 0) is 0 Å². The molecule has 10 heteroatoms. The highest BCUT2D eigenvalue weighted by Gasteiger charge is 2.24. The SMILES string of the molecule is NC(=O)c1nc(C2CCN(c3nc(Cl)nc(Cl)n3)CC2)ccc1N. The lowest BCUT2D eigenvalue weighted by molar-refractivity contribution is 0.0996. The van der Waals surface area contributed by atoms with Crippen molar-refractivity contribution in [3.63, 3.8) is 0 Å². The van der Waals surface area contributed by atoms with E-state index in [9.17, 15) is 4.79 Å². The molecule has 1 amide bonds. The summed E-state index contributed by atoms with van der Waals surface area (Å²) in [4.78, 5) is 29.6. The molecule has 1 aliphatic heterocycles. The Labute approximate surface area is 148 Å². The lowest BCUT2D eigenvalue weighted by atomic mass is 9.93. The van der Waals surface area contributed by atoms with Crippen molar-refractivity contribution in [3.8, 4) is 0 Å². The number of amides is 1. The number of aromatic nitrogens is 4. The van der Waals surface area contributed by atoms with Crippen LogP contribution in [0.15, 0.2) is 12.1 Å². The van der Waals surface area contributed by atoms with E-state index in [2.05, 4.69) is 19.9 Å². The Kier molecular flexibility index (Phi) is 4.68. The fraction of sp³-hybridized carbons (Fsp3) is 0.357. The molecule has 1 fully saturated rings. The minimum absolute atomic E-state index is 0.0680. The van der Waals surface area contributed by atoms with E-state index in [0.717, 1.165) is 18.5 Å². The van der Waals surface area contributed by atoms with Crippen molar-refractivity contribution in [2.45, 2.75) is 18.8 Å². The molecule has 0 radical (unpaired) electrons. The van der Waals surface area contributed by atoms with Gasteiger partial charge < -0.3 is 16.4 Å². The summed E-state index contributed by atoms with van der Waals surface area (Å²) in [6.07, 6.45) is 1.63. The maximum atomic E-state index is 11.4. The first-order valence-corrected chi connectivity index (χ1v) is 8.08. The van der Waals surface area contributed by atoms with Crippen molar-refractivity contribution in [3.05, 3.63) is 34.1 Å². The van der Waals surface area contributed by atoms with E-state index in [1.165, 1.54) is 0 Å².